The summed E-state index contributed by atoms with van der Waals surface area (Å²) in [6.45, 7) is 3.43. The highest BCUT2D eigenvalue weighted by Crippen LogP contribution is 2.28. The number of halogens is 1. The standard InChI is InChI=1S/C12H17N3O.ClH/c1-2-16-11-6-4-3-5-9(11)10-7-8-14-12(13)15-10;/h3-6,10H,2,7-8H2,1H3,(H3,13,14,15);1H. The zero-order valence-electron chi connectivity index (χ0n) is 9.85. The fraction of sp³-hybridized carbons (Fsp3) is 0.417. The van der Waals surface area contributed by atoms with Crippen LogP contribution in [0, 0.1) is 0 Å². The molecule has 0 fully saturated rings. The minimum Gasteiger partial charge on any atom is -0.494 e. The summed E-state index contributed by atoms with van der Waals surface area (Å²) >= 11 is 0. The van der Waals surface area contributed by atoms with Crippen molar-refractivity contribution in [3.63, 3.8) is 0 Å². The predicted octanol–water partition coefficient (Wildman–Crippen LogP) is 1.86. The van der Waals surface area contributed by atoms with Crippen molar-refractivity contribution in [3.8, 4) is 5.75 Å². The highest BCUT2D eigenvalue weighted by Gasteiger charge is 2.18. The molecule has 1 aromatic carbocycles. The molecule has 0 saturated carbocycles. The van der Waals surface area contributed by atoms with Gasteiger partial charge in [-0.1, -0.05) is 18.2 Å². The normalized spacial score (nSPS) is 18.6. The highest BCUT2D eigenvalue weighted by atomic mass is 35.5. The second-order valence-corrected chi connectivity index (χ2v) is 3.72. The van der Waals surface area contributed by atoms with Crippen LogP contribution in [0.25, 0.3) is 0 Å². The van der Waals surface area contributed by atoms with Crippen molar-refractivity contribution >= 4 is 18.4 Å². The molecule has 0 saturated heterocycles. The third-order valence-electron chi connectivity index (χ3n) is 2.62. The van der Waals surface area contributed by atoms with E-state index in [2.05, 4.69) is 16.4 Å². The van der Waals surface area contributed by atoms with E-state index >= 15 is 0 Å². The minimum absolute atomic E-state index is 0. The van der Waals surface area contributed by atoms with E-state index < -0.39 is 0 Å². The molecule has 4 nitrogen and oxygen atoms in total. The van der Waals surface area contributed by atoms with Gasteiger partial charge in [0.1, 0.15) is 5.75 Å². The Labute approximate surface area is 108 Å². The van der Waals surface area contributed by atoms with Gasteiger partial charge in [-0.05, 0) is 19.4 Å². The van der Waals surface area contributed by atoms with Crippen LogP contribution in [-0.4, -0.2) is 19.1 Å². The maximum atomic E-state index is 5.68. The average Bonchev–Trinajstić information content (AvgIpc) is 2.30. The van der Waals surface area contributed by atoms with Gasteiger partial charge in [-0.3, -0.25) is 4.99 Å². The molecule has 1 aromatic rings. The monoisotopic (exact) mass is 255 g/mol. The van der Waals surface area contributed by atoms with E-state index in [1.807, 2.05) is 25.1 Å². The summed E-state index contributed by atoms with van der Waals surface area (Å²) in [5.41, 5.74) is 6.84. The van der Waals surface area contributed by atoms with Gasteiger partial charge in [0.2, 0.25) is 0 Å². The topological polar surface area (TPSA) is 59.6 Å². The van der Waals surface area contributed by atoms with Gasteiger partial charge in [0.15, 0.2) is 5.96 Å². The third-order valence-corrected chi connectivity index (χ3v) is 2.62. The van der Waals surface area contributed by atoms with Crippen molar-refractivity contribution in [2.24, 2.45) is 10.7 Å². The maximum absolute atomic E-state index is 5.68. The molecule has 0 amide bonds. The highest BCUT2D eigenvalue weighted by molar-refractivity contribution is 5.85. The zero-order chi connectivity index (χ0) is 11.4. The fourth-order valence-electron chi connectivity index (χ4n) is 1.90. The minimum atomic E-state index is 0. The summed E-state index contributed by atoms with van der Waals surface area (Å²) in [5.74, 6) is 1.44. The van der Waals surface area contributed by atoms with Crippen LogP contribution in [0.5, 0.6) is 5.75 Å². The molecule has 3 N–H and O–H groups in total. The molecule has 1 aliphatic rings. The zero-order valence-corrected chi connectivity index (χ0v) is 10.7. The molecule has 17 heavy (non-hydrogen) atoms. The summed E-state index contributed by atoms with van der Waals surface area (Å²) in [7, 11) is 0. The lowest BCUT2D eigenvalue weighted by molar-refractivity contribution is 0.332. The number of hydrogen-bond donors (Lipinski definition) is 2. The summed E-state index contributed by atoms with van der Waals surface area (Å²) in [6.07, 6.45) is 0.949. The lowest BCUT2D eigenvalue weighted by Crippen LogP contribution is -2.38. The number of nitrogens with zero attached hydrogens (tertiary/aromatic N) is 1. The van der Waals surface area contributed by atoms with Crippen molar-refractivity contribution in [2.45, 2.75) is 19.4 Å². The molecule has 1 atom stereocenters. The summed E-state index contributed by atoms with van der Waals surface area (Å²) in [5, 5.41) is 3.18. The molecule has 0 aromatic heterocycles. The molecule has 2 rings (SSSR count). The van der Waals surface area contributed by atoms with Crippen molar-refractivity contribution in [1.82, 2.24) is 5.32 Å². The van der Waals surface area contributed by atoms with Crippen LogP contribution >= 0.6 is 12.4 Å². The quantitative estimate of drug-likeness (QED) is 0.867. The van der Waals surface area contributed by atoms with Gasteiger partial charge in [-0.25, -0.2) is 0 Å². The Morgan fingerprint density at radius 3 is 2.94 bits per heavy atom. The molecule has 1 heterocycles. The van der Waals surface area contributed by atoms with Crippen LogP contribution in [0.2, 0.25) is 0 Å². The number of aliphatic imine (C=N–C) groups is 1. The number of guanidine groups is 1. The molecule has 0 aliphatic carbocycles. The number of nitrogens with one attached hydrogen (secondary N) is 1. The van der Waals surface area contributed by atoms with Crippen LogP contribution in [-0.2, 0) is 0 Å². The summed E-state index contributed by atoms with van der Waals surface area (Å²) in [4.78, 5) is 4.12. The second-order valence-electron chi connectivity index (χ2n) is 3.72. The van der Waals surface area contributed by atoms with Crippen molar-refractivity contribution in [3.05, 3.63) is 29.8 Å². The van der Waals surface area contributed by atoms with Crippen LogP contribution in [0.4, 0.5) is 0 Å². The van der Waals surface area contributed by atoms with E-state index in [1.165, 1.54) is 0 Å². The van der Waals surface area contributed by atoms with Crippen LogP contribution in [0.3, 0.4) is 0 Å². The molecule has 5 heteroatoms. The Balaban J connectivity index is 0.00000144. The Morgan fingerprint density at radius 1 is 1.47 bits per heavy atom. The first-order chi connectivity index (χ1) is 7.81. The molecule has 0 radical (unpaired) electrons. The summed E-state index contributed by atoms with van der Waals surface area (Å²) < 4.78 is 5.60. The first-order valence-electron chi connectivity index (χ1n) is 5.59. The molecule has 1 unspecified atom stereocenters. The molecule has 0 bridgehead atoms. The third kappa shape index (κ3) is 3.27. The molecular formula is C12H18ClN3O. The largest absolute Gasteiger partial charge is 0.494 e. The van der Waals surface area contributed by atoms with Gasteiger partial charge in [0.25, 0.3) is 0 Å². The van der Waals surface area contributed by atoms with E-state index in [9.17, 15) is 0 Å². The molecule has 0 spiro atoms. The van der Waals surface area contributed by atoms with E-state index in [4.69, 9.17) is 10.5 Å². The Kier molecular flexibility index (Phi) is 5.10. The number of para-hydroxylation sites is 1. The van der Waals surface area contributed by atoms with Gasteiger partial charge in [0, 0.05) is 12.1 Å². The average molecular weight is 256 g/mol. The second kappa shape index (κ2) is 6.35. The van der Waals surface area contributed by atoms with Gasteiger partial charge >= 0.3 is 0 Å². The fourth-order valence-corrected chi connectivity index (χ4v) is 1.90. The van der Waals surface area contributed by atoms with Gasteiger partial charge in [0.05, 0.1) is 12.6 Å². The van der Waals surface area contributed by atoms with E-state index in [0.29, 0.717) is 12.6 Å². The first-order valence-corrected chi connectivity index (χ1v) is 5.59. The Morgan fingerprint density at radius 2 is 2.24 bits per heavy atom. The van der Waals surface area contributed by atoms with Crippen LogP contribution < -0.4 is 15.8 Å². The summed E-state index contributed by atoms with van der Waals surface area (Å²) in [6, 6.07) is 8.26. The van der Waals surface area contributed by atoms with Crippen LogP contribution in [0.1, 0.15) is 24.9 Å². The van der Waals surface area contributed by atoms with E-state index in [0.717, 1.165) is 24.3 Å². The van der Waals surface area contributed by atoms with Gasteiger partial charge < -0.3 is 15.8 Å². The molecule has 94 valence electrons. The number of nitrogens with two attached hydrogens (primary N) is 1. The predicted molar refractivity (Wildman–Crippen MR) is 71.8 cm³/mol. The molecule has 1 aliphatic heterocycles. The van der Waals surface area contributed by atoms with E-state index in [1.54, 1.807) is 0 Å². The lowest BCUT2D eigenvalue weighted by atomic mass is 10.0. The van der Waals surface area contributed by atoms with Gasteiger partial charge in [-0.15, -0.1) is 12.4 Å². The lowest BCUT2D eigenvalue weighted by Gasteiger charge is -2.24. The number of hydrogen-bond acceptors (Lipinski definition) is 4. The number of ether oxygens (including phenoxy) is 1. The molecular weight excluding hydrogens is 238 g/mol. The van der Waals surface area contributed by atoms with Crippen molar-refractivity contribution in [2.75, 3.05) is 13.2 Å². The number of rotatable bonds is 3. The van der Waals surface area contributed by atoms with Crippen molar-refractivity contribution in [1.29, 1.82) is 0 Å². The Hall–Kier alpha value is -1.42. The van der Waals surface area contributed by atoms with E-state index in [-0.39, 0.29) is 18.4 Å². The SMILES string of the molecule is CCOc1ccccc1C1CCN=C(N)N1.Cl. The van der Waals surface area contributed by atoms with Gasteiger partial charge in [-0.2, -0.15) is 0 Å². The maximum Gasteiger partial charge on any atom is 0.189 e. The van der Waals surface area contributed by atoms with Crippen molar-refractivity contribution < 1.29 is 4.74 Å². The first kappa shape index (κ1) is 13.6. The van der Waals surface area contributed by atoms with Crippen LogP contribution in [0.15, 0.2) is 29.3 Å². The number of benzene rings is 1. The Bertz CT molecular complexity index is 395. The smallest absolute Gasteiger partial charge is 0.189 e.